The maximum Gasteiger partial charge on any atom is 0.273 e. The number of nitrogens with one attached hydrogen (secondary N) is 2. The lowest BCUT2D eigenvalue weighted by molar-refractivity contribution is 0.102. The number of aromatic nitrogens is 2. The van der Waals surface area contributed by atoms with Crippen LogP contribution in [0.3, 0.4) is 0 Å². The second kappa shape index (κ2) is 5.92. The first-order chi connectivity index (χ1) is 11.1. The number of phenols is 1. The molecule has 0 aliphatic rings. The van der Waals surface area contributed by atoms with Crippen molar-refractivity contribution in [3.8, 4) is 17.0 Å². The highest BCUT2D eigenvalue weighted by Gasteiger charge is 2.15. The number of H-pyrrole nitrogens is 1. The van der Waals surface area contributed by atoms with Crippen LogP contribution < -0.4 is 5.32 Å². The number of anilines is 1. The van der Waals surface area contributed by atoms with Crippen molar-refractivity contribution in [1.29, 1.82) is 0 Å². The number of hydrogen-bond acceptors (Lipinski definition) is 3. The molecule has 0 atom stereocenters. The molecule has 6 heteroatoms. The molecule has 0 aliphatic heterocycles. The number of aromatic amines is 1. The first kappa shape index (κ1) is 14.8. The van der Waals surface area contributed by atoms with Gasteiger partial charge in [0.15, 0.2) is 0 Å². The number of aromatic hydroxyl groups is 1. The average molecular weight is 311 g/mol. The van der Waals surface area contributed by atoms with Gasteiger partial charge in [0.1, 0.15) is 17.3 Å². The monoisotopic (exact) mass is 311 g/mol. The Morgan fingerprint density at radius 2 is 2.00 bits per heavy atom. The number of aryl methyl sites for hydroxylation is 1. The van der Waals surface area contributed by atoms with Crippen LogP contribution in [0.1, 0.15) is 16.1 Å². The van der Waals surface area contributed by atoms with Crippen LogP contribution in [-0.2, 0) is 0 Å². The van der Waals surface area contributed by atoms with Gasteiger partial charge in [-0.15, -0.1) is 0 Å². The summed E-state index contributed by atoms with van der Waals surface area (Å²) in [6.45, 7) is 1.78. The summed E-state index contributed by atoms with van der Waals surface area (Å²) in [5.74, 6) is -0.919. The van der Waals surface area contributed by atoms with Crippen LogP contribution >= 0.6 is 0 Å². The van der Waals surface area contributed by atoms with Gasteiger partial charge in [-0.2, -0.15) is 5.10 Å². The minimum atomic E-state index is -0.517. The fourth-order valence-corrected chi connectivity index (χ4v) is 2.19. The second-order valence-corrected chi connectivity index (χ2v) is 5.07. The molecule has 0 unspecified atom stereocenters. The van der Waals surface area contributed by atoms with Crippen LogP contribution in [0.4, 0.5) is 10.1 Å². The van der Waals surface area contributed by atoms with Crippen LogP contribution in [0.5, 0.6) is 5.75 Å². The number of carbonyl (C=O) groups excluding carboxylic acids is 1. The molecule has 3 aromatic rings. The lowest BCUT2D eigenvalue weighted by Crippen LogP contribution is -2.13. The van der Waals surface area contributed by atoms with Crippen LogP contribution in [0, 0.1) is 12.7 Å². The summed E-state index contributed by atoms with van der Waals surface area (Å²) in [4.78, 5) is 12.2. The van der Waals surface area contributed by atoms with E-state index < -0.39 is 11.7 Å². The molecule has 0 aliphatic carbocycles. The highest BCUT2D eigenvalue weighted by atomic mass is 19.1. The summed E-state index contributed by atoms with van der Waals surface area (Å²) in [5.41, 5.74) is 1.93. The van der Waals surface area contributed by atoms with Crippen molar-refractivity contribution in [1.82, 2.24) is 10.2 Å². The Kier molecular flexibility index (Phi) is 3.80. The van der Waals surface area contributed by atoms with E-state index in [1.165, 1.54) is 18.2 Å². The molecule has 3 N–H and O–H groups in total. The Bertz CT molecular complexity index is 874. The van der Waals surface area contributed by atoms with Crippen LogP contribution in [0.15, 0.2) is 48.5 Å². The molecule has 1 heterocycles. The van der Waals surface area contributed by atoms with E-state index in [1.54, 1.807) is 37.3 Å². The third kappa shape index (κ3) is 2.91. The van der Waals surface area contributed by atoms with Crippen molar-refractivity contribution in [3.05, 3.63) is 65.6 Å². The van der Waals surface area contributed by atoms with E-state index >= 15 is 0 Å². The topological polar surface area (TPSA) is 78.0 Å². The first-order valence-electron chi connectivity index (χ1n) is 6.96. The molecule has 5 nitrogen and oxygen atoms in total. The van der Waals surface area contributed by atoms with Crippen molar-refractivity contribution in [3.63, 3.8) is 0 Å². The fourth-order valence-electron chi connectivity index (χ4n) is 2.19. The second-order valence-electron chi connectivity index (χ2n) is 5.07. The molecule has 1 amide bonds. The minimum Gasteiger partial charge on any atom is -0.507 e. The fraction of sp³-hybridized carbons (Fsp3) is 0.0588. The Morgan fingerprint density at radius 3 is 2.78 bits per heavy atom. The molecule has 0 saturated carbocycles. The SMILES string of the molecule is Cc1cccc(-c2cc(C(=O)Nc3ccccc3F)[nH]n2)c1O. The van der Waals surface area contributed by atoms with E-state index in [2.05, 4.69) is 15.5 Å². The zero-order chi connectivity index (χ0) is 16.4. The van der Waals surface area contributed by atoms with E-state index in [-0.39, 0.29) is 17.1 Å². The molecule has 0 bridgehead atoms. The number of rotatable bonds is 3. The van der Waals surface area contributed by atoms with E-state index in [9.17, 15) is 14.3 Å². The van der Waals surface area contributed by atoms with Crippen LogP contribution in [0.2, 0.25) is 0 Å². The van der Waals surface area contributed by atoms with Crippen molar-refractivity contribution >= 4 is 11.6 Å². The predicted octanol–water partition coefficient (Wildman–Crippen LogP) is 3.48. The van der Waals surface area contributed by atoms with Gasteiger partial charge in [0.2, 0.25) is 0 Å². The third-order valence-corrected chi connectivity index (χ3v) is 3.46. The zero-order valence-electron chi connectivity index (χ0n) is 12.3. The number of para-hydroxylation sites is 2. The Labute approximate surface area is 131 Å². The molecular weight excluding hydrogens is 297 g/mol. The quantitative estimate of drug-likeness (QED) is 0.693. The molecule has 0 spiro atoms. The molecule has 1 aromatic heterocycles. The van der Waals surface area contributed by atoms with Gasteiger partial charge in [0, 0.05) is 5.56 Å². The molecule has 0 fully saturated rings. The Morgan fingerprint density at radius 1 is 1.22 bits per heavy atom. The number of hydrogen-bond donors (Lipinski definition) is 3. The lowest BCUT2D eigenvalue weighted by Gasteiger charge is -2.04. The Balaban J connectivity index is 1.86. The van der Waals surface area contributed by atoms with Gasteiger partial charge in [-0.3, -0.25) is 9.89 Å². The third-order valence-electron chi connectivity index (χ3n) is 3.46. The number of phenolic OH excluding ortho intramolecular Hbond substituents is 1. The summed E-state index contributed by atoms with van der Waals surface area (Å²) in [6, 6.07) is 12.7. The molecule has 3 rings (SSSR count). The van der Waals surface area contributed by atoms with E-state index in [4.69, 9.17) is 0 Å². The van der Waals surface area contributed by atoms with E-state index in [0.29, 0.717) is 16.8 Å². The number of benzene rings is 2. The maximum absolute atomic E-state index is 13.6. The normalized spacial score (nSPS) is 10.5. The number of nitrogens with zero attached hydrogens (tertiary/aromatic N) is 1. The number of carbonyl (C=O) groups is 1. The Hall–Kier alpha value is -3.15. The summed E-state index contributed by atoms with van der Waals surface area (Å²) in [7, 11) is 0. The van der Waals surface area contributed by atoms with Crippen molar-refractivity contribution in [2.45, 2.75) is 6.92 Å². The number of amides is 1. The highest BCUT2D eigenvalue weighted by Crippen LogP contribution is 2.30. The van der Waals surface area contributed by atoms with Crippen molar-refractivity contribution < 1.29 is 14.3 Å². The van der Waals surface area contributed by atoms with Gasteiger partial charge in [-0.25, -0.2) is 4.39 Å². The van der Waals surface area contributed by atoms with Crippen LogP contribution in [0.25, 0.3) is 11.3 Å². The molecular formula is C17H14FN3O2. The van der Waals surface area contributed by atoms with Crippen molar-refractivity contribution in [2.24, 2.45) is 0 Å². The molecule has 23 heavy (non-hydrogen) atoms. The zero-order valence-corrected chi connectivity index (χ0v) is 12.3. The minimum absolute atomic E-state index is 0.0899. The van der Waals surface area contributed by atoms with Crippen molar-refractivity contribution in [2.75, 3.05) is 5.32 Å². The first-order valence-corrected chi connectivity index (χ1v) is 6.96. The van der Waals surface area contributed by atoms with Gasteiger partial charge >= 0.3 is 0 Å². The molecule has 0 saturated heterocycles. The summed E-state index contributed by atoms with van der Waals surface area (Å²) in [6.07, 6.45) is 0. The summed E-state index contributed by atoms with van der Waals surface area (Å²) >= 11 is 0. The van der Waals surface area contributed by atoms with E-state index in [1.807, 2.05) is 0 Å². The molecule has 116 valence electrons. The van der Waals surface area contributed by atoms with Gasteiger partial charge in [-0.05, 0) is 36.8 Å². The maximum atomic E-state index is 13.6. The largest absolute Gasteiger partial charge is 0.507 e. The van der Waals surface area contributed by atoms with E-state index in [0.717, 1.165) is 0 Å². The molecule has 2 aromatic carbocycles. The smallest absolute Gasteiger partial charge is 0.273 e. The number of halogens is 1. The molecule has 0 radical (unpaired) electrons. The average Bonchev–Trinajstić information content (AvgIpc) is 3.02. The lowest BCUT2D eigenvalue weighted by atomic mass is 10.1. The summed E-state index contributed by atoms with van der Waals surface area (Å²) < 4.78 is 13.6. The predicted molar refractivity (Wildman–Crippen MR) is 84.8 cm³/mol. The van der Waals surface area contributed by atoms with Gasteiger partial charge < -0.3 is 10.4 Å². The highest BCUT2D eigenvalue weighted by molar-refractivity contribution is 6.03. The van der Waals surface area contributed by atoms with Gasteiger partial charge in [0.05, 0.1) is 11.4 Å². The van der Waals surface area contributed by atoms with Crippen LogP contribution in [-0.4, -0.2) is 21.2 Å². The van der Waals surface area contributed by atoms with Gasteiger partial charge in [-0.1, -0.05) is 24.3 Å². The summed E-state index contributed by atoms with van der Waals surface area (Å²) in [5, 5.41) is 19.2. The standard InChI is InChI=1S/C17H14FN3O2/c1-10-5-4-6-11(16(10)22)14-9-15(21-20-14)17(23)19-13-8-3-2-7-12(13)18/h2-9,22H,1H3,(H,19,23)(H,20,21). The van der Waals surface area contributed by atoms with Gasteiger partial charge in [0.25, 0.3) is 5.91 Å².